The lowest BCUT2D eigenvalue weighted by Gasteiger charge is -2.24. The lowest BCUT2D eigenvalue weighted by Crippen LogP contribution is -2.35. The fourth-order valence-corrected chi connectivity index (χ4v) is 2.20. The molecule has 2 heterocycles. The zero-order valence-electron chi connectivity index (χ0n) is 10.6. The van der Waals surface area contributed by atoms with Gasteiger partial charge in [0, 0.05) is 18.6 Å². The molecule has 1 aliphatic carbocycles. The van der Waals surface area contributed by atoms with Gasteiger partial charge in [0.2, 0.25) is 0 Å². The van der Waals surface area contributed by atoms with Crippen LogP contribution >= 0.6 is 0 Å². The second kappa shape index (κ2) is 4.37. The molecule has 2 fully saturated rings. The van der Waals surface area contributed by atoms with Gasteiger partial charge in [-0.3, -0.25) is 0 Å². The zero-order chi connectivity index (χ0) is 12.6. The lowest BCUT2D eigenvalue weighted by atomic mass is 10.0. The molecule has 4 N–H and O–H groups in total. The second-order valence-electron chi connectivity index (χ2n) is 5.40. The molecule has 0 amide bonds. The van der Waals surface area contributed by atoms with E-state index in [-0.39, 0.29) is 5.54 Å². The van der Waals surface area contributed by atoms with Crippen molar-refractivity contribution in [2.24, 2.45) is 5.84 Å². The van der Waals surface area contributed by atoms with Crippen LogP contribution in [0.2, 0.25) is 0 Å². The Hall–Kier alpha value is -1.40. The third kappa shape index (κ3) is 2.39. The monoisotopic (exact) mass is 249 g/mol. The Morgan fingerprint density at radius 2 is 2.17 bits per heavy atom. The molecule has 1 saturated carbocycles. The first-order chi connectivity index (χ1) is 8.68. The van der Waals surface area contributed by atoms with E-state index in [1.165, 1.54) is 12.8 Å². The molecule has 18 heavy (non-hydrogen) atoms. The summed E-state index contributed by atoms with van der Waals surface area (Å²) in [7, 11) is 0. The fourth-order valence-electron chi connectivity index (χ4n) is 2.20. The van der Waals surface area contributed by atoms with Crippen molar-refractivity contribution in [3.8, 4) is 0 Å². The molecule has 1 aliphatic heterocycles. The Balaban J connectivity index is 1.83. The van der Waals surface area contributed by atoms with Crippen molar-refractivity contribution in [3.63, 3.8) is 0 Å². The molecule has 0 radical (unpaired) electrons. The molecule has 2 aliphatic rings. The normalized spacial score (nSPS) is 27.2. The molecule has 6 heteroatoms. The van der Waals surface area contributed by atoms with Crippen LogP contribution in [0.5, 0.6) is 0 Å². The Morgan fingerprint density at radius 1 is 1.39 bits per heavy atom. The summed E-state index contributed by atoms with van der Waals surface area (Å²) in [5.41, 5.74) is 2.56. The van der Waals surface area contributed by atoms with Gasteiger partial charge >= 0.3 is 0 Å². The average Bonchev–Trinajstić information content (AvgIpc) is 3.13. The topological polar surface area (TPSA) is 85.1 Å². The summed E-state index contributed by atoms with van der Waals surface area (Å²) >= 11 is 0. The maximum atomic E-state index is 5.46. The van der Waals surface area contributed by atoms with Crippen LogP contribution in [0, 0.1) is 0 Å². The van der Waals surface area contributed by atoms with Crippen LogP contribution in [0.15, 0.2) is 6.07 Å². The van der Waals surface area contributed by atoms with Gasteiger partial charge in [-0.15, -0.1) is 0 Å². The molecule has 3 rings (SSSR count). The van der Waals surface area contributed by atoms with E-state index in [1.807, 2.05) is 6.07 Å². The van der Waals surface area contributed by atoms with Crippen molar-refractivity contribution in [2.75, 3.05) is 24.0 Å². The van der Waals surface area contributed by atoms with Crippen molar-refractivity contribution in [3.05, 3.63) is 11.9 Å². The van der Waals surface area contributed by atoms with Gasteiger partial charge in [-0.25, -0.2) is 15.8 Å². The highest BCUT2D eigenvalue weighted by atomic mass is 16.5. The van der Waals surface area contributed by atoms with Crippen LogP contribution in [0.25, 0.3) is 0 Å². The van der Waals surface area contributed by atoms with Gasteiger partial charge in [0.25, 0.3) is 0 Å². The minimum Gasteiger partial charge on any atom is -0.379 e. The summed E-state index contributed by atoms with van der Waals surface area (Å²) in [4.78, 5) is 8.97. The highest BCUT2D eigenvalue weighted by Gasteiger charge is 2.31. The van der Waals surface area contributed by atoms with Crippen LogP contribution in [-0.2, 0) is 4.74 Å². The summed E-state index contributed by atoms with van der Waals surface area (Å²) in [5.74, 6) is 8.34. The van der Waals surface area contributed by atoms with E-state index in [0.29, 0.717) is 18.3 Å². The number of nitrogens with zero attached hydrogens (tertiary/aromatic N) is 2. The van der Waals surface area contributed by atoms with Gasteiger partial charge in [-0.05, 0) is 26.2 Å². The van der Waals surface area contributed by atoms with E-state index in [0.717, 1.165) is 24.7 Å². The van der Waals surface area contributed by atoms with E-state index >= 15 is 0 Å². The van der Waals surface area contributed by atoms with Gasteiger partial charge in [0.15, 0.2) is 0 Å². The van der Waals surface area contributed by atoms with E-state index in [1.54, 1.807) is 0 Å². The molecule has 1 aromatic heterocycles. The SMILES string of the molecule is CC1(Nc2cc(NN)nc(C3CC3)n2)CCOC1. The first-order valence-corrected chi connectivity index (χ1v) is 6.40. The molecular formula is C12H19N5O. The molecule has 0 aromatic carbocycles. The van der Waals surface area contributed by atoms with E-state index in [9.17, 15) is 0 Å². The standard InChI is InChI=1S/C12H19N5O/c1-12(4-5-18-7-12)16-9-6-10(17-13)15-11(14-9)8-2-3-8/h6,8H,2-5,7,13H2,1H3,(H2,14,15,16,17). The van der Waals surface area contributed by atoms with Gasteiger partial charge < -0.3 is 15.5 Å². The van der Waals surface area contributed by atoms with Gasteiger partial charge in [-0.2, -0.15) is 0 Å². The average molecular weight is 249 g/mol. The summed E-state index contributed by atoms with van der Waals surface area (Å²) < 4.78 is 5.43. The molecule has 98 valence electrons. The quantitative estimate of drug-likeness (QED) is 0.550. The van der Waals surface area contributed by atoms with Crippen molar-refractivity contribution in [2.45, 2.75) is 37.6 Å². The summed E-state index contributed by atoms with van der Waals surface area (Å²) in [6.07, 6.45) is 3.34. The molecule has 1 atom stereocenters. The van der Waals surface area contributed by atoms with Crippen molar-refractivity contribution in [1.82, 2.24) is 9.97 Å². The summed E-state index contributed by atoms with van der Waals surface area (Å²) in [6.45, 7) is 3.65. The molecular weight excluding hydrogens is 230 g/mol. The van der Waals surface area contributed by atoms with Crippen molar-refractivity contribution >= 4 is 11.6 Å². The van der Waals surface area contributed by atoms with Gasteiger partial charge in [-0.1, -0.05) is 0 Å². The second-order valence-corrected chi connectivity index (χ2v) is 5.40. The highest BCUT2D eigenvalue weighted by Crippen LogP contribution is 2.39. The molecule has 6 nitrogen and oxygen atoms in total. The molecule has 1 saturated heterocycles. The van der Waals surface area contributed by atoms with Crippen LogP contribution in [0.1, 0.15) is 37.9 Å². The fraction of sp³-hybridized carbons (Fsp3) is 0.667. The summed E-state index contributed by atoms with van der Waals surface area (Å²) in [6, 6.07) is 1.84. The van der Waals surface area contributed by atoms with Crippen LogP contribution in [0.3, 0.4) is 0 Å². The Bertz CT molecular complexity index is 440. The molecule has 1 unspecified atom stereocenters. The van der Waals surface area contributed by atoms with Crippen molar-refractivity contribution in [1.29, 1.82) is 0 Å². The van der Waals surface area contributed by atoms with E-state index < -0.39 is 0 Å². The summed E-state index contributed by atoms with van der Waals surface area (Å²) in [5, 5.41) is 3.44. The number of hydrazine groups is 1. The van der Waals surface area contributed by atoms with Crippen molar-refractivity contribution < 1.29 is 4.74 Å². The van der Waals surface area contributed by atoms with E-state index in [4.69, 9.17) is 10.6 Å². The van der Waals surface area contributed by atoms with E-state index in [2.05, 4.69) is 27.6 Å². The number of nitrogens with one attached hydrogen (secondary N) is 2. The Labute approximate surface area is 106 Å². The largest absolute Gasteiger partial charge is 0.379 e. The zero-order valence-corrected chi connectivity index (χ0v) is 10.6. The molecule has 1 aromatic rings. The minimum absolute atomic E-state index is 0.0406. The van der Waals surface area contributed by atoms with Crippen LogP contribution in [-0.4, -0.2) is 28.7 Å². The number of nitrogens with two attached hydrogens (primary N) is 1. The minimum atomic E-state index is -0.0406. The molecule has 0 bridgehead atoms. The van der Waals surface area contributed by atoms with Gasteiger partial charge in [0.1, 0.15) is 17.5 Å². The maximum absolute atomic E-state index is 5.46. The number of anilines is 2. The number of ether oxygens (including phenoxy) is 1. The Morgan fingerprint density at radius 3 is 2.78 bits per heavy atom. The molecule has 0 spiro atoms. The number of hydrogen-bond acceptors (Lipinski definition) is 6. The maximum Gasteiger partial charge on any atom is 0.145 e. The highest BCUT2D eigenvalue weighted by molar-refractivity contribution is 5.49. The number of nitrogen functional groups attached to an aromatic ring is 1. The first kappa shape index (κ1) is 11.7. The smallest absolute Gasteiger partial charge is 0.145 e. The third-order valence-electron chi connectivity index (χ3n) is 3.48. The predicted molar refractivity (Wildman–Crippen MR) is 69.3 cm³/mol. The predicted octanol–water partition coefficient (Wildman–Crippen LogP) is 1.23. The first-order valence-electron chi connectivity index (χ1n) is 6.40. The Kier molecular flexibility index (Phi) is 2.83. The number of hydrogen-bond donors (Lipinski definition) is 3. The van der Waals surface area contributed by atoms with Crippen LogP contribution in [0.4, 0.5) is 11.6 Å². The third-order valence-corrected chi connectivity index (χ3v) is 3.48. The number of aromatic nitrogens is 2. The van der Waals surface area contributed by atoms with Gasteiger partial charge in [0.05, 0.1) is 12.1 Å². The van der Waals surface area contributed by atoms with Crippen LogP contribution < -0.4 is 16.6 Å². The number of rotatable bonds is 4. The lowest BCUT2D eigenvalue weighted by molar-refractivity contribution is 0.185.